The van der Waals surface area contributed by atoms with Crippen molar-refractivity contribution in [3.05, 3.63) is 34.3 Å². The molecule has 106 valence electrons. The van der Waals surface area contributed by atoms with Crippen molar-refractivity contribution in [1.29, 1.82) is 0 Å². The van der Waals surface area contributed by atoms with Gasteiger partial charge in [0, 0.05) is 17.6 Å². The number of methoxy groups -OCH3 is 1. The number of benzene rings is 1. The topological polar surface area (TPSA) is 21.3 Å². The van der Waals surface area contributed by atoms with E-state index < -0.39 is 0 Å². The molecule has 0 bridgehead atoms. The van der Waals surface area contributed by atoms with Crippen molar-refractivity contribution in [2.24, 2.45) is 0 Å². The van der Waals surface area contributed by atoms with E-state index in [2.05, 4.69) is 52.4 Å². The van der Waals surface area contributed by atoms with Crippen LogP contribution in [0.15, 0.2) is 28.7 Å². The highest BCUT2D eigenvalue weighted by Crippen LogP contribution is 2.39. The maximum atomic E-state index is 5.77. The molecule has 0 amide bonds. The Hall–Kier alpha value is -0.380. The molecule has 1 saturated carbocycles. The first kappa shape index (κ1) is 15.0. The van der Waals surface area contributed by atoms with E-state index in [1.807, 2.05) is 7.11 Å². The third kappa shape index (κ3) is 3.80. The van der Waals surface area contributed by atoms with Gasteiger partial charge in [-0.1, -0.05) is 41.1 Å². The van der Waals surface area contributed by atoms with Crippen LogP contribution in [0.2, 0.25) is 0 Å². The van der Waals surface area contributed by atoms with Crippen LogP contribution in [0, 0.1) is 0 Å². The fourth-order valence-electron chi connectivity index (χ4n) is 2.95. The van der Waals surface area contributed by atoms with Crippen LogP contribution in [0.3, 0.4) is 0 Å². The Bertz CT molecular complexity index is 398. The van der Waals surface area contributed by atoms with Gasteiger partial charge in [0.2, 0.25) is 0 Å². The zero-order chi connectivity index (χ0) is 13.7. The standard InChI is InChI=1S/C16H24BrNO/c1-3-18-14(12-16(19-2)9-6-10-16)11-13-7-4-5-8-15(13)17/h4-5,7-8,14,18H,3,6,9-12H2,1-2H3. The first-order chi connectivity index (χ1) is 9.19. The lowest BCUT2D eigenvalue weighted by molar-refractivity contribution is -0.0833. The molecule has 0 spiro atoms. The van der Waals surface area contributed by atoms with Crippen LogP contribution >= 0.6 is 15.9 Å². The summed E-state index contributed by atoms with van der Waals surface area (Å²) in [6, 6.07) is 8.99. The van der Waals surface area contributed by atoms with Gasteiger partial charge in [-0.05, 0) is 50.3 Å². The molecule has 1 aromatic carbocycles. The number of likely N-dealkylation sites (N-methyl/N-ethyl adjacent to an activating group) is 1. The number of hydrogen-bond donors (Lipinski definition) is 1. The molecule has 0 aromatic heterocycles. The maximum absolute atomic E-state index is 5.77. The van der Waals surface area contributed by atoms with E-state index in [9.17, 15) is 0 Å². The van der Waals surface area contributed by atoms with E-state index in [0.29, 0.717) is 6.04 Å². The Labute approximate surface area is 125 Å². The first-order valence-electron chi connectivity index (χ1n) is 7.21. The quantitative estimate of drug-likeness (QED) is 0.820. The predicted molar refractivity (Wildman–Crippen MR) is 83.5 cm³/mol. The van der Waals surface area contributed by atoms with Gasteiger partial charge in [-0.2, -0.15) is 0 Å². The van der Waals surface area contributed by atoms with Crippen LogP contribution in [-0.4, -0.2) is 25.3 Å². The van der Waals surface area contributed by atoms with Crippen molar-refractivity contribution in [1.82, 2.24) is 5.32 Å². The third-order valence-electron chi connectivity index (χ3n) is 4.23. The van der Waals surface area contributed by atoms with Gasteiger partial charge >= 0.3 is 0 Å². The van der Waals surface area contributed by atoms with Crippen LogP contribution in [-0.2, 0) is 11.2 Å². The Morgan fingerprint density at radius 3 is 2.63 bits per heavy atom. The van der Waals surface area contributed by atoms with Gasteiger partial charge < -0.3 is 10.1 Å². The van der Waals surface area contributed by atoms with E-state index in [1.165, 1.54) is 29.3 Å². The second kappa shape index (κ2) is 6.87. The summed E-state index contributed by atoms with van der Waals surface area (Å²) >= 11 is 3.64. The molecule has 1 N–H and O–H groups in total. The second-order valence-electron chi connectivity index (χ2n) is 5.49. The van der Waals surface area contributed by atoms with E-state index in [-0.39, 0.29) is 5.60 Å². The van der Waals surface area contributed by atoms with Crippen LogP contribution in [0.1, 0.15) is 38.2 Å². The Morgan fingerprint density at radius 1 is 1.37 bits per heavy atom. The van der Waals surface area contributed by atoms with Gasteiger partial charge in [-0.25, -0.2) is 0 Å². The average molecular weight is 326 g/mol. The molecule has 1 fully saturated rings. The molecule has 0 aliphatic heterocycles. The SMILES string of the molecule is CCNC(Cc1ccccc1Br)CC1(OC)CCC1. The van der Waals surface area contributed by atoms with Crippen molar-refractivity contribution in [2.45, 2.75) is 50.7 Å². The molecule has 1 aliphatic rings. The van der Waals surface area contributed by atoms with Gasteiger partial charge in [0.25, 0.3) is 0 Å². The normalized spacial score (nSPS) is 18.9. The molecule has 0 radical (unpaired) electrons. The first-order valence-corrected chi connectivity index (χ1v) is 8.00. The molecule has 19 heavy (non-hydrogen) atoms. The van der Waals surface area contributed by atoms with Gasteiger partial charge in [0.05, 0.1) is 5.60 Å². The number of ether oxygens (including phenoxy) is 1. The number of nitrogens with one attached hydrogen (secondary N) is 1. The summed E-state index contributed by atoms with van der Waals surface area (Å²) in [5.74, 6) is 0. The zero-order valence-corrected chi connectivity index (χ0v) is 13.5. The average Bonchev–Trinajstić information content (AvgIpc) is 2.36. The molecular weight excluding hydrogens is 302 g/mol. The minimum Gasteiger partial charge on any atom is -0.378 e. The molecule has 3 heteroatoms. The highest BCUT2D eigenvalue weighted by molar-refractivity contribution is 9.10. The molecule has 0 heterocycles. The summed E-state index contributed by atoms with van der Waals surface area (Å²) in [6.45, 7) is 3.18. The zero-order valence-electron chi connectivity index (χ0n) is 11.9. The van der Waals surface area contributed by atoms with Gasteiger partial charge in [0.1, 0.15) is 0 Å². The highest BCUT2D eigenvalue weighted by Gasteiger charge is 2.38. The lowest BCUT2D eigenvalue weighted by Crippen LogP contribution is -2.46. The van der Waals surface area contributed by atoms with Crippen molar-refractivity contribution in [3.63, 3.8) is 0 Å². The minimum atomic E-state index is 0.133. The minimum absolute atomic E-state index is 0.133. The lowest BCUT2D eigenvalue weighted by Gasteiger charge is -2.43. The van der Waals surface area contributed by atoms with E-state index in [0.717, 1.165) is 19.4 Å². The van der Waals surface area contributed by atoms with Crippen molar-refractivity contribution >= 4 is 15.9 Å². The summed E-state index contributed by atoms with van der Waals surface area (Å²) in [5.41, 5.74) is 1.51. The Morgan fingerprint density at radius 2 is 2.11 bits per heavy atom. The van der Waals surface area contributed by atoms with Gasteiger partial charge in [0.15, 0.2) is 0 Å². The van der Waals surface area contributed by atoms with Crippen LogP contribution < -0.4 is 5.32 Å². The molecule has 1 atom stereocenters. The van der Waals surface area contributed by atoms with E-state index >= 15 is 0 Å². The molecule has 2 rings (SSSR count). The monoisotopic (exact) mass is 325 g/mol. The molecule has 0 saturated heterocycles. The number of halogens is 1. The Balaban J connectivity index is 2.02. The van der Waals surface area contributed by atoms with E-state index in [1.54, 1.807) is 0 Å². The number of hydrogen-bond acceptors (Lipinski definition) is 2. The van der Waals surface area contributed by atoms with Crippen molar-refractivity contribution in [3.8, 4) is 0 Å². The number of rotatable bonds is 7. The second-order valence-corrected chi connectivity index (χ2v) is 6.35. The predicted octanol–water partition coefficient (Wildman–Crippen LogP) is 3.93. The summed E-state index contributed by atoms with van der Waals surface area (Å²) < 4.78 is 6.97. The highest BCUT2D eigenvalue weighted by atomic mass is 79.9. The Kier molecular flexibility index (Phi) is 5.43. The third-order valence-corrected chi connectivity index (χ3v) is 5.01. The summed E-state index contributed by atoms with van der Waals surface area (Å²) in [6.07, 6.45) is 5.89. The molecule has 1 aliphatic carbocycles. The van der Waals surface area contributed by atoms with Crippen LogP contribution in [0.4, 0.5) is 0 Å². The smallest absolute Gasteiger partial charge is 0.0693 e. The molecule has 2 nitrogen and oxygen atoms in total. The fourth-order valence-corrected chi connectivity index (χ4v) is 3.39. The van der Waals surface area contributed by atoms with Gasteiger partial charge in [-0.3, -0.25) is 0 Å². The van der Waals surface area contributed by atoms with Crippen LogP contribution in [0.5, 0.6) is 0 Å². The molecular formula is C16H24BrNO. The van der Waals surface area contributed by atoms with E-state index in [4.69, 9.17) is 4.74 Å². The largest absolute Gasteiger partial charge is 0.378 e. The summed E-state index contributed by atoms with van der Waals surface area (Å²) in [5, 5.41) is 3.62. The summed E-state index contributed by atoms with van der Waals surface area (Å²) in [4.78, 5) is 0. The van der Waals surface area contributed by atoms with Crippen molar-refractivity contribution in [2.75, 3.05) is 13.7 Å². The molecule has 1 aromatic rings. The maximum Gasteiger partial charge on any atom is 0.0693 e. The van der Waals surface area contributed by atoms with Crippen molar-refractivity contribution < 1.29 is 4.74 Å². The summed E-state index contributed by atoms with van der Waals surface area (Å²) in [7, 11) is 1.86. The molecule has 1 unspecified atom stereocenters. The fraction of sp³-hybridized carbons (Fsp3) is 0.625. The lowest BCUT2D eigenvalue weighted by atomic mass is 9.75. The van der Waals surface area contributed by atoms with Gasteiger partial charge in [-0.15, -0.1) is 0 Å². The van der Waals surface area contributed by atoms with Crippen LogP contribution in [0.25, 0.3) is 0 Å².